The molecule has 6 nitrogen and oxygen atoms in total. The molecule has 1 aliphatic heterocycles. The molecular weight excluding hydrogens is 298 g/mol. The van der Waals surface area contributed by atoms with Crippen LogP contribution in [-0.2, 0) is 23.8 Å². The van der Waals surface area contributed by atoms with Gasteiger partial charge < -0.3 is 19.1 Å². The number of epoxide rings is 1. The minimum Gasteiger partial charge on any atom is -0.463 e. The second-order valence-electron chi connectivity index (χ2n) is 6.20. The second-order valence-corrected chi connectivity index (χ2v) is 6.20. The van der Waals surface area contributed by atoms with E-state index in [2.05, 4.69) is 13.8 Å². The number of carbonyl (C=O) groups excluding carboxylic acids is 2. The Morgan fingerprint density at radius 2 is 1.83 bits per heavy atom. The highest BCUT2D eigenvalue weighted by molar-refractivity contribution is 5.75. The number of esters is 2. The van der Waals surface area contributed by atoms with Crippen LogP contribution in [0, 0.1) is 11.8 Å². The third-order valence-corrected chi connectivity index (χ3v) is 4.38. The van der Waals surface area contributed by atoms with Crippen LogP contribution in [0.25, 0.3) is 0 Å². The largest absolute Gasteiger partial charge is 0.463 e. The summed E-state index contributed by atoms with van der Waals surface area (Å²) in [5.41, 5.74) is 0. The predicted molar refractivity (Wildman–Crippen MR) is 86.1 cm³/mol. The Labute approximate surface area is 139 Å². The van der Waals surface area contributed by atoms with Crippen molar-refractivity contribution in [1.29, 1.82) is 0 Å². The number of hydrogen-bond donors (Lipinski definition) is 1. The van der Waals surface area contributed by atoms with Crippen LogP contribution in [0.2, 0.25) is 0 Å². The summed E-state index contributed by atoms with van der Waals surface area (Å²) in [6, 6.07) is 0. The van der Waals surface area contributed by atoms with Crippen LogP contribution in [-0.4, -0.2) is 57.5 Å². The van der Waals surface area contributed by atoms with Crippen LogP contribution in [0.5, 0.6) is 0 Å². The Hall–Kier alpha value is -1.14. The van der Waals surface area contributed by atoms with Crippen molar-refractivity contribution in [2.75, 3.05) is 39.5 Å². The van der Waals surface area contributed by atoms with E-state index in [1.54, 1.807) is 6.92 Å². The highest BCUT2D eigenvalue weighted by Crippen LogP contribution is 2.19. The molecule has 0 bridgehead atoms. The zero-order valence-electron chi connectivity index (χ0n) is 14.9. The van der Waals surface area contributed by atoms with Gasteiger partial charge in [-0.3, -0.25) is 9.59 Å². The van der Waals surface area contributed by atoms with Crippen LogP contribution in [0.3, 0.4) is 0 Å². The van der Waals surface area contributed by atoms with Gasteiger partial charge in [0, 0.05) is 0 Å². The molecule has 23 heavy (non-hydrogen) atoms. The zero-order valence-corrected chi connectivity index (χ0v) is 14.9. The van der Waals surface area contributed by atoms with Gasteiger partial charge in [-0.2, -0.15) is 0 Å². The molecule has 0 radical (unpaired) electrons. The summed E-state index contributed by atoms with van der Waals surface area (Å²) < 4.78 is 15.6. The molecule has 3 unspecified atom stereocenters. The molecular formula is C17H32NO5+. The number of quaternary nitrogens is 1. The molecule has 3 atom stereocenters. The standard InChI is InChI=1S/C17H31NO5/c1-5-14(17(20)21-9-8-18(6-2)7-3)10-13(4)16(19)23-12-15-11-22-15/h13-15H,5-12H2,1-4H3/p+1. The van der Waals surface area contributed by atoms with Gasteiger partial charge in [-0.25, -0.2) is 0 Å². The first-order valence-electron chi connectivity index (χ1n) is 8.80. The fraction of sp³-hybridized carbons (Fsp3) is 0.882. The Balaban J connectivity index is 2.29. The summed E-state index contributed by atoms with van der Waals surface area (Å²) in [5, 5.41) is 0. The third-order valence-electron chi connectivity index (χ3n) is 4.38. The number of hydrogen-bond acceptors (Lipinski definition) is 5. The lowest BCUT2D eigenvalue weighted by Crippen LogP contribution is -3.11. The minimum atomic E-state index is -0.306. The Bertz CT molecular complexity index is 366. The molecule has 0 aromatic carbocycles. The lowest BCUT2D eigenvalue weighted by atomic mass is 9.94. The van der Waals surface area contributed by atoms with Crippen molar-refractivity contribution in [3.63, 3.8) is 0 Å². The summed E-state index contributed by atoms with van der Waals surface area (Å²) in [7, 11) is 0. The lowest BCUT2D eigenvalue weighted by molar-refractivity contribution is -0.896. The number of carbonyl (C=O) groups is 2. The fourth-order valence-corrected chi connectivity index (χ4v) is 2.45. The molecule has 1 aliphatic rings. The van der Waals surface area contributed by atoms with E-state index in [-0.39, 0.29) is 29.9 Å². The molecule has 0 spiro atoms. The second kappa shape index (κ2) is 10.6. The molecule has 0 aliphatic carbocycles. The van der Waals surface area contributed by atoms with Gasteiger partial charge in [-0.05, 0) is 26.7 Å². The van der Waals surface area contributed by atoms with Gasteiger partial charge in [0.05, 0.1) is 31.5 Å². The maximum absolute atomic E-state index is 12.2. The van der Waals surface area contributed by atoms with Crippen molar-refractivity contribution >= 4 is 11.9 Å². The van der Waals surface area contributed by atoms with Crippen molar-refractivity contribution in [2.24, 2.45) is 11.8 Å². The van der Waals surface area contributed by atoms with Crippen LogP contribution in [0.4, 0.5) is 0 Å². The van der Waals surface area contributed by atoms with Crippen molar-refractivity contribution in [3.05, 3.63) is 0 Å². The Morgan fingerprint density at radius 3 is 2.35 bits per heavy atom. The van der Waals surface area contributed by atoms with E-state index in [0.717, 1.165) is 19.6 Å². The SMILES string of the molecule is CCC(CC(C)C(=O)OCC1CO1)C(=O)OCC[NH+](CC)CC. The van der Waals surface area contributed by atoms with E-state index < -0.39 is 0 Å². The molecule has 0 aromatic rings. The number of rotatable bonds is 12. The highest BCUT2D eigenvalue weighted by Gasteiger charge is 2.28. The first kappa shape index (κ1) is 19.9. The van der Waals surface area contributed by atoms with E-state index in [1.807, 2.05) is 6.92 Å². The van der Waals surface area contributed by atoms with E-state index in [9.17, 15) is 9.59 Å². The zero-order chi connectivity index (χ0) is 17.2. The third kappa shape index (κ3) is 7.79. The van der Waals surface area contributed by atoms with Crippen LogP contribution in [0.15, 0.2) is 0 Å². The van der Waals surface area contributed by atoms with E-state index in [4.69, 9.17) is 14.2 Å². The van der Waals surface area contributed by atoms with Crippen molar-refractivity contribution in [3.8, 4) is 0 Å². The topological polar surface area (TPSA) is 69.6 Å². The molecule has 134 valence electrons. The monoisotopic (exact) mass is 330 g/mol. The first-order valence-corrected chi connectivity index (χ1v) is 8.80. The molecule has 1 N–H and O–H groups in total. The fourth-order valence-electron chi connectivity index (χ4n) is 2.45. The quantitative estimate of drug-likeness (QED) is 0.416. The molecule has 0 amide bonds. The molecule has 1 fully saturated rings. The van der Waals surface area contributed by atoms with Gasteiger partial charge in [0.2, 0.25) is 0 Å². The van der Waals surface area contributed by atoms with Gasteiger partial charge in [0.1, 0.15) is 25.9 Å². The number of ether oxygens (including phenoxy) is 3. The highest BCUT2D eigenvalue weighted by atomic mass is 16.6. The minimum absolute atomic E-state index is 0.0701. The average Bonchev–Trinajstić information content (AvgIpc) is 3.38. The first-order chi connectivity index (χ1) is 11.0. The summed E-state index contributed by atoms with van der Waals surface area (Å²) >= 11 is 0. The molecule has 1 rings (SSSR count). The number of nitrogens with one attached hydrogen (secondary N) is 1. The summed E-state index contributed by atoms with van der Waals surface area (Å²) in [4.78, 5) is 25.5. The summed E-state index contributed by atoms with van der Waals surface area (Å²) in [6.07, 6.45) is 1.21. The summed E-state index contributed by atoms with van der Waals surface area (Å²) in [6.45, 7) is 12.3. The average molecular weight is 330 g/mol. The van der Waals surface area contributed by atoms with Crippen molar-refractivity contribution in [2.45, 2.75) is 46.6 Å². The van der Waals surface area contributed by atoms with Gasteiger partial charge in [-0.1, -0.05) is 13.8 Å². The molecule has 1 heterocycles. The maximum atomic E-state index is 12.2. The van der Waals surface area contributed by atoms with Gasteiger partial charge in [0.25, 0.3) is 0 Å². The van der Waals surface area contributed by atoms with Crippen LogP contribution >= 0.6 is 0 Å². The van der Waals surface area contributed by atoms with Crippen LogP contribution < -0.4 is 4.90 Å². The normalized spacial score (nSPS) is 19.3. The maximum Gasteiger partial charge on any atom is 0.309 e. The predicted octanol–water partition coefficient (Wildman–Crippen LogP) is 0.449. The van der Waals surface area contributed by atoms with E-state index in [0.29, 0.717) is 32.7 Å². The van der Waals surface area contributed by atoms with Gasteiger partial charge in [0.15, 0.2) is 0 Å². The van der Waals surface area contributed by atoms with Crippen molar-refractivity contribution < 1.29 is 28.7 Å². The molecule has 0 saturated carbocycles. The van der Waals surface area contributed by atoms with Crippen LogP contribution in [0.1, 0.15) is 40.5 Å². The molecule has 1 saturated heterocycles. The van der Waals surface area contributed by atoms with Gasteiger partial charge in [-0.15, -0.1) is 0 Å². The smallest absolute Gasteiger partial charge is 0.309 e. The molecule has 0 aromatic heterocycles. The van der Waals surface area contributed by atoms with Gasteiger partial charge >= 0.3 is 11.9 Å². The lowest BCUT2D eigenvalue weighted by Gasteiger charge is -2.19. The Morgan fingerprint density at radius 1 is 1.17 bits per heavy atom. The summed E-state index contributed by atoms with van der Waals surface area (Å²) in [5.74, 6) is -1.02. The van der Waals surface area contributed by atoms with E-state index in [1.165, 1.54) is 4.90 Å². The Kier molecular flexibility index (Phi) is 9.17. The van der Waals surface area contributed by atoms with Crippen molar-refractivity contribution in [1.82, 2.24) is 0 Å². The van der Waals surface area contributed by atoms with E-state index >= 15 is 0 Å². The molecule has 6 heteroatoms. The number of likely N-dealkylation sites (N-methyl/N-ethyl adjacent to an activating group) is 1.